The van der Waals surface area contributed by atoms with Crippen LogP contribution in [-0.4, -0.2) is 19.5 Å². The number of aryl methyl sites for hydroxylation is 2. The number of nitrogens with one attached hydrogen (secondary N) is 1. The SMILES string of the molecule is Cc1ccc(NS(=O)(=O)c2ccc(CCC(=O)O)cc2)c(Cl)c1. The molecule has 0 aliphatic heterocycles. The van der Waals surface area contributed by atoms with Crippen molar-refractivity contribution in [3.8, 4) is 0 Å². The maximum absolute atomic E-state index is 12.4. The van der Waals surface area contributed by atoms with Crippen LogP contribution in [0.2, 0.25) is 5.02 Å². The highest BCUT2D eigenvalue weighted by molar-refractivity contribution is 7.92. The zero-order valence-electron chi connectivity index (χ0n) is 12.4. The summed E-state index contributed by atoms with van der Waals surface area (Å²) in [5, 5.41) is 8.98. The van der Waals surface area contributed by atoms with Crippen LogP contribution in [0.1, 0.15) is 17.5 Å². The molecule has 0 amide bonds. The lowest BCUT2D eigenvalue weighted by atomic mass is 10.1. The molecule has 0 spiro atoms. The number of sulfonamides is 1. The maximum atomic E-state index is 12.4. The standard InChI is InChI=1S/C16H16ClNO4S/c1-11-2-8-15(14(17)10-11)18-23(21,22)13-6-3-12(4-7-13)5-9-16(19)20/h2-4,6-8,10,18H,5,9H2,1H3,(H,19,20). The molecule has 5 nitrogen and oxygen atoms in total. The Kier molecular flexibility index (Phi) is 5.28. The summed E-state index contributed by atoms with van der Waals surface area (Å²) in [6, 6.07) is 11.1. The van der Waals surface area contributed by atoms with Crippen LogP contribution in [0.5, 0.6) is 0 Å². The summed E-state index contributed by atoms with van der Waals surface area (Å²) in [7, 11) is -3.75. The van der Waals surface area contributed by atoms with Crippen molar-refractivity contribution in [2.45, 2.75) is 24.7 Å². The first-order valence-corrected chi connectivity index (χ1v) is 8.74. The van der Waals surface area contributed by atoms with E-state index in [4.69, 9.17) is 16.7 Å². The van der Waals surface area contributed by atoms with Gasteiger partial charge < -0.3 is 5.11 Å². The fourth-order valence-corrected chi connectivity index (χ4v) is 3.41. The van der Waals surface area contributed by atoms with Crippen molar-refractivity contribution in [2.75, 3.05) is 4.72 Å². The number of anilines is 1. The molecule has 0 aliphatic carbocycles. The first kappa shape index (κ1) is 17.3. The van der Waals surface area contributed by atoms with Gasteiger partial charge in [-0.3, -0.25) is 9.52 Å². The Morgan fingerprint density at radius 1 is 1.17 bits per heavy atom. The summed E-state index contributed by atoms with van der Waals surface area (Å²) in [4.78, 5) is 10.6. The number of hydrogen-bond acceptors (Lipinski definition) is 3. The van der Waals surface area contributed by atoms with Gasteiger partial charge in [0.15, 0.2) is 0 Å². The summed E-state index contributed by atoms with van der Waals surface area (Å²) in [5.74, 6) is -0.891. The van der Waals surface area contributed by atoms with E-state index in [-0.39, 0.29) is 11.3 Å². The summed E-state index contributed by atoms with van der Waals surface area (Å²) in [6.07, 6.45) is 0.357. The van der Waals surface area contributed by atoms with Crippen molar-refractivity contribution in [3.63, 3.8) is 0 Å². The van der Waals surface area contributed by atoms with Gasteiger partial charge in [-0.1, -0.05) is 29.8 Å². The molecule has 7 heteroatoms. The molecule has 2 aromatic rings. The second-order valence-electron chi connectivity index (χ2n) is 5.13. The molecular formula is C16H16ClNO4S. The Morgan fingerprint density at radius 2 is 1.83 bits per heavy atom. The van der Waals surface area contributed by atoms with Gasteiger partial charge in [0.25, 0.3) is 10.0 Å². The van der Waals surface area contributed by atoms with E-state index < -0.39 is 16.0 Å². The predicted molar refractivity (Wildman–Crippen MR) is 89.4 cm³/mol. The largest absolute Gasteiger partial charge is 0.481 e. The zero-order chi connectivity index (χ0) is 17.0. The molecule has 122 valence electrons. The van der Waals surface area contributed by atoms with Gasteiger partial charge in [0.05, 0.1) is 15.6 Å². The Labute approximate surface area is 140 Å². The van der Waals surface area contributed by atoms with Crippen molar-refractivity contribution in [1.29, 1.82) is 0 Å². The van der Waals surface area contributed by atoms with E-state index in [2.05, 4.69) is 4.72 Å². The predicted octanol–water partition coefficient (Wildman–Crippen LogP) is 3.47. The van der Waals surface area contributed by atoms with Gasteiger partial charge in [0, 0.05) is 6.42 Å². The molecule has 0 saturated heterocycles. The first-order valence-electron chi connectivity index (χ1n) is 6.87. The van der Waals surface area contributed by atoms with E-state index in [0.29, 0.717) is 17.1 Å². The van der Waals surface area contributed by atoms with Crippen LogP contribution >= 0.6 is 11.6 Å². The Bertz CT molecular complexity index is 816. The highest BCUT2D eigenvalue weighted by atomic mass is 35.5. The van der Waals surface area contributed by atoms with Gasteiger partial charge in [0.1, 0.15) is 0 Å². The topological polar surface area (TPSA) is 83.5 Å². The molecule has 0 saturated carbocycles. The van der Waals surface area contributed by atoms with E-state index >= 15 is 0 Å². The molecule has 0 fully saturated rings. The minimum atomic E-state index is -3.75. The van der Waals surface area contributed by atoms with Crippen molar-refractivity contribution in [1.82, 2.24) is 0 Å². The van der Waals surface area contributed by atoms with Crippen molar-refractivity contribution in [3.05, 3.63) is 58.6 Å². The lowest BCUT2D eigenvalue weighted by molar-refractivity contribution is -0.136. The molecule has 2 aromatic carbocycles. The van der Waals surface area contributed by atoms with Gasteiger partial charge in [0.2, 0.25) is 0 Å². The van der Waals surface area contributed by atoms with Crippen LogP contribution in [0.3, 0.4) is 0 Å². The van der Waals surface area contributed by atoms with Gasteiger partial charge in [-0.05, 0) is 48.7 Å². The van der Waals surface area contributed by atoms with Crippen LogP contribution in [-0.2, 0) is 21.2 Å². The molecule has 0 aliphatic rings. The first-order chi connectivity index (χ1) is 10.8. The van der Waals surface area contributed by atoms with Gasteiger partial charge in [-0.2, -0.15) is 0 Å². The molecule has 23 heavy (non-hydrogen) atoms. The number of aliphatic carboxylic acids is 1. The summed E-state index contributed by atoms with van der Waals surface area (Å²) >= 11 is 6.04. The number of rotatable bonds is 6. The molecule has 0 bridgehead atoms. The van der Waals surface area contributed by atoms with Crippen LogP contribution in [0.4, 0.5) is 5.69 Å². The molecule has 2 N–H and O–H groups in total. The molecule has 0 atom stereocenters. The third-order valence-corrected chi connectivity index (χ3v) is 4.92. The molecule has 0 unspecified atom stereocenters. The second-order valence-corrected chi connectivity index (χ2v) is 7.22. The Balaban J connectivity index is 2.17. The fraction of sp³-hybridized carbons (Fsp3) is 0.188. The molecular weight excluding hydrogens is 338 g/mol. The van der Waals surface area contributed by atoms with E-state index in [1.54, 1.807) is 30.3 Å². The number of carboxylic acid groups (broad SMARTS) is 1. The molecule has 0 aromatic heterocycles. The van der Waals surface area contributed by atoms with E-state index in [0.717, 1.165) is 11.1 Å². The maximum Gasteiger partial charge on any atom is 0.303 e. The highest BCUT2D eigenvalue weighted by Crippen LogP contribution is 2.25. The Morgan fingerprint density at radius 3 is 2.39 bits per heavy atom. The average Bonchev–Trinajstić information content (AvgIpc) is 2.48. The number of benzene rings is 2. The number of halogens is 1. The van der Waals surface area contributed by atoms with Crippen LogP contribution in [0.25, 0.3) is 0 Å². The zero-order valence-corrected chi connectivity index (χ0v) is 14.0. The van der Waals surface area contributed by atoms with E-state index in [9.17, 15) is 13.2 Å². The van der Waals surface area contributed by atoms with Gasteiger partial charge in [-0.15, -0.1) is 0 Å². The summed E-state index contributed by atoms with van der Waals surface area (Å²) in [5.41, 5.74) is 2.01. The Hall–Kier alpha value is -2.05. The molecule has 0 radical (unpaired) electrons. The normalized spacial score (nSPS) is 11.2. The van der Waals surface area contributed by atoms with E-state index in [1.165, 1.54) is 12.1 Å². The van der Waals surface area contributed by atoms with Crippen LogP contribution in [0.15, 0.2) is 47.4 Å². The molecule has 0 heterocycles. The third kappa shape index (κ3) is 4.71. The smallest absolute Gasteiger partial charge is 0.303 e. The minimum Gasteiger partial charge on any atom is -0.481 e. The quantitative estimate of drug-likeness (QED) is 0.832. The fourth-order valence-electron chi connectivity index (χ4n) is 1.99. The van der Waals surface area contributed by atoms with E-state index in [1.807, 2.05) is 6.92 Å². The second kappa shape index (κ2) is 7.02. The van der Waals surface area contributed by atoms with Crippen LogP contribution < -0.4 is 4.72 Å². The lowest BCUT2D eigenvalue weighted by Gasteiger charge is -2.10. The van der Waals surface area contributed by atoms with Crippen molar-refractivity contribution in [2.24, 2.45) is 0 Å². The van der Waals surface area contributed by atoms with Gasteiger partial charge in [-0.25, -0.2) is 8.42 Å². The van der Waals surface area contributed by atoms with Gasteiger partial charge >= 0.3 is 5.97 Å². The van der Waals surface area contributed by atoms with Crippen LogP contribution in [0, 0.1) is 6.92 Å². The monoisotopic (exact) mass is 353 g/mol. The number of carbonyl (C=O) groups is 1. The molecule has 2 rings (SSSR count). The van der Waals surface area contributed by atoms with Crippen molar-refractivity contribution >= 4 is 33.3 Å². The average molecular weight is 354 g/mol. The number of carboxylic acids is 1. The number of hydrogen-bond donors (Lipinski definition) is 2. The van der Waals surface area contributed by atoms with Crippen molar-refractivity contribution < 1.29 is 18.3 Å². The summed E-state index contributed by atoms with van der Waals surface area (Å²) in [6.45, 7) is 1.86. The highest BCUT2D eigenvalue weighted by Gasteiger charge is 2.15. The summed E-state index contributed by atoms with van der Waals surface area (Å²) < 4.78 is 27.2. The minimum absolute atomic E-state index is 0.00329. The third-order valence-electron chi connectivity index (χ3n) is 3.23. The lowest BCUT2D eigenvalue weighted by Crippen LogP contribution is -2.13.